The Morgan fingerprint density at radius 2 is 2.38 bits per heavy atom. The highest BCUT2D eigenvalue weighted by Gasteiger charge is 1.97. The van der Waals surface area contributed by atoms with E-state index in [9.17, 15) is 4.79 Å². The van der Waals surface area contributed by atoms with Crippen molar-refractivity contribution in [3.05, 3.63) is 0 Å². The first kappa shape index (κ1) is 7.91. The van der Waals surface area contributed by atoms with Gasteiger partial charge in [0.1, 0.15) is 0 Å². The minimum absolute atomic E-state index is 0.0339. The molecular formula is C4H7BrO3. The van der Waals surface area contributed by atoms with E-state index in [1.807, 2.05) is 0 Å². The van der Waals surface area contributed by atoms with Crippen LogP contribution in [0.25, 0.3) is 0 Å². The smallest absolute Gasteiger partial charge is 0.333 e. The first-order valence-corrected chi connectivity index (χ1v) is 2.85. The number of hydrogen-bond acceptors (Lipinski definition) is 3. The van der Waals surface area contributed by atoms with Crippen LogP contribution >= 0.6 is 16.3 Å². The van der Waals surface area contributed by atoms with Gasteiger partial charge < -0.3 is 4.74 Å². The maximum absolute atomic E-state index is 10.3. The molecule has 0 aliphatic carbocycles. The van der Waals surface area contributed by atoms with Crippen LogP contribution < -0.4 is 0 Å². The SMILES string of the molecule is CCOC(=O)COBr. The van der Waals surface area contributed by atoms with Crippen LogP contribution in [0.3, 0.4) is 0 Å². The average Bonchev–Trinajstić information content (AvgIpc) is 1.68. The first-order valence-electron chi connectivity index (χ1n) is 2.20. The average molecular weight is 183 g/mol. The fourth-order valence-corrected chi connectivity index (χ4v) is 0.434. The summed E-state index contributed by atoms with van der Waals surface area (Å²) in [7, 11) is 0. The molecule has 0 heterocycles. The molecule has 0 rings (SSSR count). The first-order chi connectivity index (χ1) is 3.81. The van der Waals surface area contributed by atoms with E-state index in [4.69, 9.17) is 0 Å². The van der Waals surface area contributed by atoms with Crippen LogP contribution in [-0.2, 0) is 13.4 Å². The predicted octanol–water partition coefficient (Wildman–Crippen LogP) is 0.876. The molecule has 0 spiro atoms. The third kappa shape index (κ3) is 4.08. The lowest BCUT2D eigenvalue weighted by molar-refractivity contribution is -0.144. The van der Waals surface area contributed by atoms with Gasteiger partial charge in [0, 0.05) is 0 Å². The quantitative estimate of drug-likeness (QED) is 0.609. The second-order valence-corrected chi connectivity index (χ2v) is 1.52. The van der Waals surface area contributed by atoms with Gasteiger partial charge in [-0.1, -0.05) is 0 Å². The Labute approximate surface area is 56.4 Å². The van der Waals surface area contributed by atoms with Crippen molar-refractivity contribution in [3.8, 4) is 0 Å². The molecule has 0 aromatic carbocycles. The largest absolute Gasteiger partial charge is 0.464 e. The van der Waals surface area contributed by atoms with Crippen molar-refractivity contribution in [2.75, 3.05) is 13.2 Å². The van der Waals surface area contributed by atoms with Gasteiger partial charge in [-0.15, -0.1) is 0 Å². The Kier molecular flexibility index (Phi) is 5.00. The molecule has 0 amide bonds. The van der Waals surface area contributed by atoms with Crippen molar-refractivity contribution in [2.45, 2.75) is 6.92 Å². The molecule has 0 aliphatic heterocycles. The molecule has 8 heavy (non-hydrogen) atoms. The number of hydrogen-bond donors (Lipinski definition) is 0. The van der Waals surface area contributed by atoms with E-state index in [1.54, 1.807) is 6.92 Å². The molecule has 0 fully saturated rings. The van der Waals surface area contributed by atoms with Crippen LogP contribution in [-0.4, -0.2) is 19.2 Å². The van der Waals surface area contributed by atoms with Crippen LogP contribution in [0.5, 0.6) is 0 Å². The van der Waals surface area contributed by atoms with E-state index >= 15 is 0 Å². The molecular weight excluding hydrogens is 176 g/mol. The number of carbonyl (C=O) groups is 1. The maximum atomic E-state index is 10.3. The van der Waals surface area contributed by atoms with Gasteiger partial charge in [-0.2, -0.15) is 0 Å². The van der Waals surface area contributed by atoms with Gasteiger partial charge in [0.15, 0.2) is 6.61 Å². The van der Waals surface area contributed by atoms with Crippen molar-refractivity contribution >= 4 is 22.2 Å². The number of carbonyl (C=O) groups excluding carboxylic acids is 1. The zero-order chi connectivity index (χ0) is 6.41. The van der Waals surface area contributed by atoms with Gasteiger partial charge >= 0.3 is 5.97 Å². The summed E-state index contributed by atoms with van der Waals surface area (Å²) in [6.07, 6.45) is 0. The van der Waals surface area contributed by atoms with Gasteiger partial charge in [-0.05, 0) is 6.92 Å². The van der Waals surface area contributed by atoms with E-state index in [0.717, 1.165) is 0 Å². The van der Waals surface area contributed by atoms with Crippen molar-refractivity contribution in [2.24, 2.45) is 0 Å². The lowest BCUT2D eigenvalue weighted by atomic mass is 10.7. The zero-order valence-corrected chi connectivity index (χ0v) is 6.10. The molecule has 0 aliphatic rings. The number of esters is 1. The van der Waals surface area contributed by atoms with Crippen molar-refractivity contribution in [1.82, 2.24) is 0 Å². The highest BCUT2D eigenvalue weighted by atomic mass is 79.9. The molecule has 0 radical (unpaired) electrons. The standard InChI is InChI=1S/C4H7BrO3/c1-2-7-4(6)3-8-5/h2-3H2,1H3. The number of rotatable bonds is 3. The molecule has 0 unspecified atom stereocenters. The third-order valence-electron chi connectivity index (χ3n) is 0.478. The fraction of sp³-hybridized carbons (Fsp3) is 0.750. The summed E-state index contributed by atoms with van der Waals surface area (Å²) in [5, 5.41) is 0. The van der Waals surface area contributed by atoms with Gasteiger partial charge in [0.05, 0.1) is 22.9 Å². The van der Waals surface area contributed by atoms with E-state index in [0.29, 0.717) is 6.61 Å². The van der Waals surface area contributed by atoms with Crippen molar-refractivity contribution < 1.29 is 13.4 Å². The molecule has 0 N–H and O–H groups in total. The van der Waals surface area contributed by atoms with Crippen LogP contribution in [0.1, 0.15) is 6.92 Å². The second kappa shape index (κ2) is 5.05. The lowest BCUT2D eigenvalue weighted by Crippen LogP contribution is -2.08. The fourth-order valence-electron chi connectivity index (χ4n) is 0.247. The summed E-state index contributed by atoms with van der Waals surface area (Å²) >= 11 is 2.62. The summed E-state index contributed by atoms with van der Waals surface area (Å²) in [4.78, 5) is 10.3. The molecule has 0 saturated carbocycles. The van der Waals surface area contributed by atoms with Gasteiger partial charge in [0.2, 0.25) is 0 Å². The Morgan fingerprint density at radius 3 is 2.75 bits per heavy atom. The summed E-state index contributed by atoms with van der Waals surface area (Å²) in [5.74, 6) is -0.357. The molecule has 0 bridgehead atoms. The third-order valence-corrected chi connectivity index (χ3v) is 0.707. The molecule has 0 aromatic rings. The maximum Gasteiger partial charge on any atom is 0.333 e. The number of halogens is 1. The van der Waals surface area contributed by atoms with Crippen LogP contribution in [0.15, 0.2) is 0 Å². The zero-order valence-electron chi connectivity index (χ0n) is 4.52. The molecule has 0 atom stereocenters. The number of ether oxygens (including phenoxy) is 1. The Hall–Kier alpha value is -0.0900. The Morgan fingerprint density at radius 1 is 1.75 bits per heavy atom. The van der Waals surface area contributed by atoms with E-state index in [-0.39, 0.29) is 12.6 Å². The summed E-state index contributed by atoms with van der Waals surface area (Å²) < 4.78 is 8.78. The molecule has 0 saturated heterocycles. The second-order valence-electron chi connectivity index (χ2n) is 1.06. The Bertz CT molecular complexity index is 65.7. The van der Waals surface area contributed by atoms with Crippen molar-refractivity contribution in [3.63, 3.8) is 0 Å². The summed E-state index contributed by atoms with van der Waals surface area (Å²) in [5.41, 5.74) is 0. The molecule has 0 aromatic heterocycles. The molecule has 48 valence electrons. The van der Waals surface area contributed by atoms with E-state index in [2.05, 4.69) is 24.8 Å². The normalized spacial score (nSPS) is 8.75. The Balaban J connectivity index is 3.06. The van der Waals surface area contributed by atoms with E-state index in [1.165, 1.54) is 0 Å². The predicted molar refractivity (Wildman–Crippen MR) is 31.5 cm³/mol. The van der Waals surface area contributed by atoms with Crippen LogP contribution in [0.2, 0.25) is 0 Å². The summed E-state index contributed by atoms with van der Waals surface area (Å²) in [6, 6.07) is 0. The minimum atomic E-state index is -0.357. The molecule has 4 heteroatoms. The topological polar surface area (TPSA) is 35.5 Å². The van der Waals surface area contributed by atoms with Crippen LogP contribution in [0, 0.1) is 0 Å². The highest BCUT2D eigenvalue weighted by molar-refractivity contribution is 9.06. The van der Waals surface area contributed by atoms with Crippen LogP contribution in [0.4, 0.5) is 0 Å². The highest BCUT2D eigenvalue weighted by Crippen LogP contribution is 1.85. The van der Waals surface area contributed by atoms with Crippen molar-refractivity contribution in [1.29, 1.82) is 0 Å². The monoisotopic (exact) mass is 182 g/mol. The summed E-state index contributed by atoms with van der Waals surface area (Å²) in [6.45, 7) is 2.11. The van der Waals surface area contributed by atoms with Gasteiger partial charge in [0.25, 0.3) is 0 Å². The van der Waals surface area contributed by atoms with Gasteiger partial charge in [-0.3, -0.25) is 3.83 Å². The molecule has 3 nitrogen and oxygen atoms in total. The lowest BCUT2D eigenvalue weighted by Gasteiger charge is -1.95. The van der Waals surface area contributed by atoms with Gasteiger partial charge in [-0.25, -0.2) is 4.79 Å². The minimum Gasteiger partial charge on any atom is -0.464 e. The van der Waals surface area contributed by atoms with E-state index < -0.39 is 0 Å².